The Kier molecular flexibility index (Phi) is 8.11. The largest absolute Gasteiger partial charge is 0.0991 e. The fraction of sp³-hybridized carbons (Fsp3) is 0.273. The summed E-state index contributed by atoms with van der Waals surface area (Å²) in [7, 11) is 0. The average molecular weight is 148 g/mol. The van der Waals surface area contributed by atoms with Gasteiger partial charge in [0.2, 0.25) is 0 Å². The van der Waals surface area contributed by atoms with Crippen LogP contribution >= 0.6 is 0 Å². The van der Waals surface area contributed by atoms with Crippen molar-refractivity contribution < 1.29 is 0 Å². The summed E-state index contributed by atoms with van der Waals surface area (Å²) in [4.78, 5) is 0. The van der Waals surface area contributed by atoms with Crippen molar-refractivity contribution in [1.82, 2.24) is 0 Å². The highest BCUT2D eigenvalue weighted by molar-refractivity contribution is 5.09. The number of hydrogen-bond acceptors (Lipinski definition) is 0. The van der Waals surface area contributed by atoms with Crippen molar-refractivity contribution in [1.29, 1.82) is 0 Å². The summed E-state index contributed by atoms with van der Waals surface area (Å²) in [5.74, 6) is 0. The normalized spacial score (nSPS) is 12.1. The molecule has 0 unspecified atom stereocenters. The van der Waals surface area contributed by atoms with Gasteiger partial charge >= 0.3 is 0 Å². The maximum absolute atomic E-state index is 3.57. The maximum Gasteiger partial charge on any atom is -0.0166 e. The molecule has 0 rings (SSSR count). The molecule has 0 aromatic carbocycles. The van der Waals surface area contributed by atoms with Gasteiger partial charge in [0.1, 0.15) is 0 Å². The van der Waals surface area contributed by atoms with E-state index < -0.39 is 0 Å². The van der Waals surface area contributed by atoms with Crippen LogP contribution < -0.4 is 0 Å². The lowest BCUT2D eigenvalue weighted by Crippen LogP contribution is -1.57. The van der Waals surface area contributed by atoms with Gasteiger partial charge in [0.25, 0.3) is 0 Å². The van der Waals surface area contributed by atoms with Crippen LogP contribution in [0.5, 0.6) is 0 Å². The van der Waals surface area contributed by atoms with Gasteiger partial charge in [-0.15, -0.1) is 0 Å². The topological polar surface area (TPSA) is 0 Å². The van der Waals surface area contributed by atoms with E-state index in [1.54, 1.807) is 6.08 Å². The highest BCUT2D eigenvalue weighted by Gasteiger charge is 1.67. The van der Waals surface area contributed by atoms with Crippen LogP contribution in [0.3, 0.4) is 0 Å². The quantitative estimate of drug-likeness (QED) is 0.412. The monoisotopic (exact) mass is 148 g/mol. The van der Waals surface area contributed by atoms with Crippen molar-refractivity contribution in [2.75, 3.05) is 0 Å². The molecule has 0 aliphatic heterocycles. The van der Waals surface area contributed by atoms with Gasteiger partial charge in [-0.3, -0.25) is 0 Å². The van der Waals surface area contributed by atoms with Gasteiger partial charge in [0.15, 0.2) is 0 Å². The molecule has 0 aliphatic rings. The lowest BCUT2D eigenvalue weighted by molar-refractivity contribution is 1.20. The van der Waals surface area contributed by atoms with Crippen LogP contribution in [0.4, 0.5) is 0 Å². The zero-order chi connectivity index (χ0) is 8.36. The molecular weight excluding hydrogens is 132 g/mol. The van der Waals surface area contributed by atoms with Crippen LogP contribution in [-0.4, -0.2) is 0 Å². The molecule has 60 valence electrons. The van der Waals surface area contributed by atoms with Gasteiger partial charge in [-0.2, -0.15) is 0 Å². The average Bonchev–Trinajstić information content (AvgIpc) is 2.03. The minimum Gasteiger partial charge on any atom is -0.0991 e. The van der Waals surface area contributed by atoms with E-state index in [-0.39, 0.29) is 0 Å². The summed E-state index contributed by atoms with van der Waals surface area (Å²) in [5.41, 5.74) is 0. The van der Waals surface area contributed by atoms with Gasteiger partial charge in [-0.1, -0.05) is 56.0 Å². The third-order valence-electron chi connectivity index (χ3n) is 1.17. The van der Waals surface area contributed by atoms with Crippen molar-refractivity contribution in [3.8, 4) is 0 Å². The summed E-state index contributed by atoms with van der Waals surface area (Å²) in [6.07, 6.45) is 16.3. The van der Waals surface area contributed by atoms with Crippen LogP contribution in [0, 0.1) is 0 Å². The highest BCUT2D eigenvalue weighted by atomic mass is 13.7. The second kappa shape index (κ2) is 8.96. The minimum absolute atomic E-state index is 1.02. The summed E-state index contributed by atoms with van der Waals surface area (Å²) in [6.45, 7) is 5.71. The molecule has 0 N–H and O–H groups in total. The summed E-state index contributed by atoms with van der Waals surface area (Å²) >= 11 is 0. The van der Waals surface area contributed by atoms with Gasteiger partial charge in [0.05, 0.1) is 0 Å². The van der Waals surface area contributed by atoms with E-state index in [2.05, 4.69) is 31.7 Å². The minimum atomic E-state index is 1.02. The molecule has 11 heavy (non-hydrogen) atoms. The molecule has 0 aromatic heterocycles. The molecule has 0 saturated heterocycles. The first-order valence-corrected chi connectivity index (χ1v) is 4.01. The standard InChI is InChI=1S/C11H16/c1-3-5-7-9-11-10-8-6-4-2/h3,5-9,11H,1,4,10H2,2H3/b7-5-,8-6-,11-9-. The van der Waals surface area contributed by atoms with Crippen molar-refractivity contribution in [3.63, 3.8) is 0 Å². The van der Waals surface area contributed by atoms with E-state index in [0.29, 0.717) is 0 Å². The van der Waals surface area contributed by atoms with E-state index in [9.17, 15) is 0 Å². The molecule has 0 spiro atoms. The van der Waals surface area contributed by atoms with E-state index in [0.717, 1.165) is 12.8 Å². The zero-order valence-electron chi connectivity index (χ0n) is 7.16. The third kappa shape index (κ3) is 8.96. The SMILES string of the molecule is C=C/C=C\C=C/C/C=C\CC. The van der Waals surface area contributed by atoms with Crippen molar-refractivity contribution in [3.05, 3.63) is 49.1 Å². The molecule has 0 aliphatic carbocycles. The molecular formula is C11H16. The molecule has 0 fully saturated rings. The number of hydrogen-bond donors (Lipinski definition) is 0. The molecule has 0 aromatic rings. The zero-order valence-corrected chi connectivity index (χ0v) is 7.16. The van der Waals surface area contributed by atoms with Gasteiger partial charge < -0.3 is 0 Å². The van der Waals surface area contributed by atoms with Crippen molar-refractivity contribution >= 4 is 0 Å². The van der Waals surface area contributed by atoms with Gasteiger partial charge in [-0.25, -0.2) is 0 Å². The first kappa shape index (κ1) is 9.96. The first-order valence-electron chi connectivity index (χ1n) is 4.01. The van der Waals surface area contributed by atoms with Gasteiger partial charge in [-0.05, 0) is 12.8 Å². The Hall–Kier alpha value is -1.04. The van der Waals surface area contributed by atoms with Crippen LogP contribution in [0.25, 0.3) is 0 Å². The summed E-state index contributed by atoms with van der Waals surface area (Å²) in [5, 5.41) is 0. The third-order valence-corrected chi connectivity index (χ3v) is 1.17. The molecule has 0 nitrogen and oxygen atoms in total. The Bertz CT molecular complexity index is 159. The smallest absolute Gasteiger partial charge is 0.0166 e. The van der Waals surface area contributed by atoms with E-state index in [4.69, 9.17) is 0 Å². The van der Waals surface area contributed by atoms with E-state index in [1.807, 2.05) is 18.2 Å². The van der Waals surface area contributed by atoms with Gasteiger partial charge in [0, 0.05) is 0 Å². The fourth-order valence-electron chi connectivity index (χ4n) is 0.641. The second-order valence-corrected chi connectivity index (χ2v) is 2.16. The second-order valence-electron chi connectivity index (χ2n) is 2.16. The summed E-state index contributed by atoms with van der Waals surface area (Å²) < 4.78 is 0. The Balaban J connectivity index is 3.36. The highest BCUT2D eigenvalue weighted by Crippen LogP contribution is 1.88. The predicted molar refractivity (Wildman–Crippen MR) is 52.5 cm³/mol. The molecule has 0 amide bonds. The fourth-order valence-corrected chi connectivity index (χ4v) is 0.641. The molecule has 0 atom stereocenters. The van der Waals surface area contributed by atoms with E-state index in [1.165, 1.54) is 0 Å². The van der Waals surface area contributed by atoms with E-state index >= 15 is 0 Å². The Labute approximate surface area is 69.6 Å². The summed E-state index contributed by atoms with van der Waals surface area (Å²) in [6, 6.07) is 0. The van der Waals surface area contributed by atoms with Crippen LogP contribution in [-0.2, 0) is 0 Å². The molecule has 0 saturated carbocycles. The molecule has 0 bridgehead atoms. The molecule has 0 radical (unpaired) electrons. The molecule has 0 heteroatoms. The van der Waals surface area contributed by atoms with Crippen molar-refractivity contribution in [2.45, 2.75) is 19.8 Å². The Morgan fingerprint density at radius 3 is 2.45 bits per heavy atom. The molecule has 0 heterocycles. The predicted octanol–water partition coefficient (Wildman–Crippen LogP) is 3.64. The van der Waals surface area contributed by atoms with Crippen LogP contribution in [0.1, 0.15) is 19.8 Å². The first-order chi connectivity index (χ1) is 5.41. The Morgan fingerprint density at radius 2 is 1.82 bits per heavy atom. The lowest BCUT2D eigenvalue weighted by Gasteiger charge is -1.79. The lowest BCUT2D eigenvalue weighted by atomic mass is 10.3. The van der Waals surface area contributed by atoms with Crippen LogP contribution in [0.2, 0.25) is 0 Å². The number of allylic oxidation sites excluding steroid dienone is 7. The van der Waals surface area contributed by atoms with Crippen molar-refractivity contribution in [2.24, 2.45) is 0 Å². The maximum atomic E-state index is 3.57. The number of rotatable bonds is 5. The Morgan fingerprint density at radius 1 is 1.00 bits per heavy atom. The van der Waals surface area contributed by atoms with Crippen LogP contribution in [0.15, 0.2) is 49.1 Å².